The Kier molecular flexibility index (Phi) is 13.7. The van der Waals surface area contributed by atoms with Gasteiger partial charge in [0.25, 0.3) is 0 Å². The Morgan fingerprint density at radius 1 is 0.889 bits per heavy atom. The van der Waals surface area contributed by atoms with E-state index in [9.17, 15) is 14.4 Å². The first-order valence-corrected chi connectivity index (χ1v) is 16.7. The third-order valence-electron chi connectivity index (χ3n) is 8.93. The maximum Gasteiger partial charge on any atom is 0.329 e. The van der Waals surface area contributed by atoms with Gasteiger partial charge in [0.2, 0.25) is 11.8 Å². The first-order chi connectivity index (χ1) is 21.3. The molecule has 0 spiro atoms. The summed E-state index contributed by atoms with van der Waals surface area (Å²) in [6, 6.07) is 5.83. The van der Waals surface area contributed by atoms with Gasteiger partial charge in [-0.05, 0) is 83.1 Å². The van der Waals surface area contributed by atoms with Gasteiger partial charge in [0.15, 0.2) is 5.96 Å². The molecule has 2 unspecified atom stereocenters. The molecule has 0 saturated heterocycles. The Hall–Kier alpha value is -3.63. The summed E-state index contributed by atoms with van der Waals surface area (Å²) in [5.41, 5.74) is 17.5. The van der Waals surface area contributed by atoms with Crippen LogP contribution < -0.4 is 27.8 Å². The lowest BCUT2D eigenvalue weighted by Gasteiger charge is -2.35. The molecule has 1 aromatic carbocycles. The molecule has 2 aliphatic rings. The first-order valence-electron chi connectivity index (χ1n) is 16.7. The number of guanidine groups is 1. The van der Waals surface area contributed by atoms with Crippen molar-refractivity contribution in [2.24, 2.45) is 39.9 Å². The molecule has 0 aromatic heterocycles. The van der Waals surface area contributed by atoms with Gasteiger partial charge in [-0.15, -0.1) is 0 Å². The average Bonchev–Trinajstić information content (AvgIpc) is 3.00. The molecule has 11 heteroatoms. The van der Waals surface area contributed by atoms with Crippen molar-refractivity contribution in [3.63, 3.8) is 0 Å². The molecule has 0 bridgehead atoms. The second kappa shape index (κ2) is 17.2. The highest BCUT2D eigenvalue weighted by atomic mass is 16.6. The van der Waals surface area contributed by atoms with E-state index in [0.29, 0.717) is 31.4 Å². The summed E-state index contributed by atoms with van der Waals surface area (Å²) in [7, 11) is 0. The van der Waals surface area contributed by atoms with Crippen molar-refractivity contribution in [1.29, 1.82) is 5.41 Å². The van der Waals surface area contributed by atoms with Crippen LogP contribution in [0.25, 0.3) is 0 Å². The van der Waals surface area contributed by atoms with Gasteiger partial charge in [0.1, 0.15) is 23.5 Å². The number of aliphatic imine (C=N–C) groups is 1. The van der Waals surface area contributed by atoms with Crippen LogP contribution in [-0.2, 0) is 25.5 Å². The second-order valence-corrected chi connectivity index (χ2v) is 13.7. The number of carbonyl (C=O) groups excluding carboxylic acids is 3. The van der Waals surface area contributed by atoms with Gasteiger partial charge < -0.3 is 32.6 Å². The van der Waals surface area contributed by atoms with Crippen LogP contribution in [0.2, 0.25) is 0 Å². The standard InChI is InChI=1S/C34H55N7O4/c1-34(2,3)45-32(44)27(15-10-20-39-33(37)38)40-31(43)28(24-13-8-5-9-14-24)41-30(42)26(23-11-6-4-7-12-23)21-22-16-18-25(19-17-22)29(35)36/h16-19,23-24,26-28H,4-15,20-21H2,1-3H3,(H3,35,36)(H,40,43)(H,41,42)(H4,37,38,39)/t26?,27-,28?/m0/s1. The van der Waals surface area contributed by atoms with Crippen molar-refractivity contribution in [3.8, 4) is 0 Å². The summed E-state index contributed by atoms with van der Waals surface area (Å²) in [4.78, 5) is 45.4. The molecule has 3 rings (SSSR count). The predicted octanol–water partition coefficient (Wildman–Crippen LogP) is 3.65. The zero-order chi connectivity index (χ0) is 33.0. The lowest BCUT2D eigenvalue weighted by Crippen LogP contribution is -2.56. The first kappa shape index (κ1) is 35.8. The third kappa shape index (κ3) is 12.0. The number of rotatable bonds is 14. The molecular weight excluding hydrogens is 570 g/mol. The maximum absolute atomic E-state index is 14.2. The van der Waals surface area contributed by atoms with E-state index in [2.05, 4.69) is 15.6 Å². The summed E-state index contributed by atoms with van der Waals surface area (Å²) in [6.07, 6.45) is 11.3. The van der Waals surface area contributed by atoms with E-state index in [1.807, 2.05) is 24.3 Å². The Labute approximate surface area is 268 Å². The van der Waals surface area contributed by atoms with E-state index in [0.717, 1.165) is 63.4 Å². The SMILES string of the molecule is CC(C)(C)OC(=O)[C@H](CCCN=C(N)N)NC(=O)C(NC(=O)C(Cc1ccc(C(=N)N)cc1)C1CCCCC1)C1CCCCC1. The van der Waals surface area contributed by atoms with Crippen molar-refractivity contribution in [2.75, 3.05) is 6.54 Å². The van der Waals surface area contributed by atoms with Crippen LogP contribution in [0.4, 0.5) is 0 Å². The number of amides is 2. The maximum atomic E-state index is 14.2. The van der Waals surface area contributed by atoms with Gasteiger partial charge in [-0.2, -0.15) is 0 Å². The molecule has 9 N–H and O–H groups in total. The normalized spacial score (nSPS) is 18.2. The predicted molar refractivity (Wildman–Crippen MR) is 177 cm³/mol. The molecule has 2 fully saturated rings. The fourth-order valence-electron chi connectivity index (χ4n) is 6.60. The smallest absolute Gasteiger partial charge is 0.329 e. The fourth-order valence-corrected chi connectivity index (χ4v) is 6.60. The monoisotopic (exact) mass is 625 g/mol. The van der Waals surface area contributed by atoms with Crippen LogP contribution in [0, 0.1) is 23.2 Å². The van der Waals surface area contributed by atoms with E-state index in [1.54, 1.807) is 20.8 Å². The molecular formula is C34H55N7O4. The number of benzene rings is 1. The topological polar surface area (TPSA) is 199 Å². The third-order valence-corrected chi connectivity index (χ3v) is 8.93. The number of hydrogen-bond acceptors (Lipinski definition) is 6. The molecule has 0 aliphatic heterocycles. The van der Waals surface area contributed by atoms with E-state index in [4.69, 9.17) is 27.3 Å². The van der Waals surface area contributed by atoms with E-state index >= 15 is 0 Å². The van der Waals surface area contributed by atoms with Crippen molar-refractivity contribution in [3.05, 3.63) is 35.4 Å². The van der Waals surface area contributed by atoms with E-state index in [1.165, 1.54) is 6.42 Å². The van der Waals surface area contributed by atoms with Crippen LogP contribution in [0.1, 0.15) is 109 Å². The Balaban J connectivity index is 1.83. The fraction of sp³-hybridized carbons (Fsp3) is 0.676. The molecule has 11 nitrogen and oxygen atoms in total. The number of esters is 1. The van der Waals surface area contributed by atoms with Crippen molar-refractivity contribution in [1.82, 2.24) is 10.6 Å². The minimum atomic E-state index is -0.900. The summed E-state index contributed by atoms with van der Waals surface area (Å²) >= 11 is 0. The molecule has 2 aliphatic carbocycles. The number of ether oxygens (including phenoxy) is 1. The van der Waals surface area contributed by atoms with E-state index < -0.39 is 23.7 Å². The Morgan fingerprint density at radius 2 is 1.47 bits per heavy atom. The highest BCUT2D eigenvalue weighted by molar-refractivity contribution is 5.95. The molecule has 45 heavy (non-hydrogen) atoms. The van der Waals surface area contributed by atoms with Gasteiger partial charge in [-0.25, -0.2) is 4.79 Å². The lowest BCUT2D eigenvalue weighted by molar-refractivity contribution is -0.159. The van der Waals surface area contributed by atoms with Gasteiger partial charge in [0, 0.05) is 18.0 Å². The zero-order valence-corrected chi connectivity index (χ0v) is 27.4. The Bertz CT molecular complexity index is 1160. The number of carbonyl (C=O) groups is 3. The van der Waals surface area contributed by atoms with Crippen LogP contribution in [0.3, 0.4) is 0 Å². The van der Waals surface area contributed by atoms with E-state index in [-0.39, 0.29) is 41.4 Å². The number of amidine groups is 1. The Morgan fingerprint density at radius 3 is 2.00 bits per heavy atom. The minimum Gasteiger partial charge on any atom is -0.458 e. The molecule has 250 valence electrons. The zero-order valence-electron chi connectivity index (χ0n) is 27.4. The largest absolute Gasteiger partial charge is 0.458 e. The number of nitrogens with zero attached hydrogens (tertiary/aromatic N) is 1. The van der Waals surface area contributed by atoms with Crippen molar-refractivity contribution in [2.45, 2.75) is 122 Å². The van der Waals surface area contributed by atoms with Crippen LogP contribution >= 0.6 is 0 Å². The quantitative estimate of drug-likeness (QED) is 0.0784. The lowest BCUT2D eigenvalue weighted by atomic mass is 9.76. The van der Waals surface area contributed by atoms with Gasteiger partial charge in [-0.3, -0.25) is 20.0 Å². The van der Waals surface area contributed by atoms with Gasteiger partial charge in [0.05, 0.1) is 0 Å². The average molecular weight is 626 g/mol. The highest BCUT2D eigenvalue weighted by Gasteiger charge is 2.37. The molecule has 1 aromatic rings. The number of hydrogen-bond donors (Lipinski definition) is 6. The second-order valence-electron chi connectivity index (χ2n) is 13.7. The van der Waals surface area contributed by atoms with Crippen molar-refractivity contribution >= 4 is 29.6 Å². The highest BCUT2D eigenvalue weighted by Crippen LogP contribution is 2.33. The number of nitrogens with one attached hydrogen (secondary N) is 3. The van der Waals surface area contributed by atoms with Gasteiger partial charge >= 0.3 is 5.97 Å². The summed E-state index contributed by atoms with van der Waals surface area (Å²) < 4.78 is 5.64. The van der Waals surface area contributed by atoms with Crippen LogP contribution in [0.15, 0.2) is 29.3 Å². The summed E-state index contributed by atoms with van der Waals surface area (Å²) in [6.45, 7) is 5.67. The summed E-state index contributed by atoms with van der Waals surface area (Å²) in [5, 5.41) is 13.8. The molecule has 3 atom stereocenters. The molecule has 0 heterocycles. The number of nitrogens with two attached hydrogens (primary N) is 3. The van der Waals surface area contributed by atoms with Crippen LogP contribution in [-0.4, -0.2) is 53.8 Å². The summed E-state index contributed by atoms with van der Waals surface area (Å²) in [5.74, 6) is -1.14. The molecule has 2 amide bonds. The number of nitrogen functional groups attached to an aromatic ring is 1. The van der Waals surface area contributed by atoms with Gasteiger partial charge in [-0.1, -0.05) is 62.8 Å². The minimum absolute atomic E-state index is 0.00499. The molecule has 2 saturated carbocycles. The molecule has 0 radical (unpaired) electrons. The van der Waals surface area contributed by atoms with Crippen molar-refractivity contribution < 1.29 is 19.1 Å². The van der Waals surface area contributed by atoms with Crippen LogP contribution in [0.5, 0.6) is 0 Å².